The number of fused-ring (bicyclic) bond motifs is 1. The molecule has 2 aliphatic rings. The van der Waals surface area contributed by atoms with Gasteiger partial charge in [0, 0.05) is 23.1 Å². The van der Waals surface area contributed by atoms with E-state index in [2.05, 4.69) is 0 Å². The van der Waals surface area contributed by atoms with Crippen LogP contribution in [0.25, 0.3) is 0 Å². The molecule has 0 aromatic heterocycles. The first-order chi connectivity index (χ1) is 9.66. The molecule has 0 aliphatic carbocycles. The molecule has 1 atom stereocenters. The summed E-state index contributed by atoms with van der Waals surface area (Å²) in [4.78, 5) is 25.4. The lowest BCUT2D eigenvalue weighted by atomic mass is 9.91. The average molecular weight is 289 g/mol. The first kappa shape index (κ1) is 13.2. The van der Waals surface area contributed by atoms with Crippen LogP contribution >= 0.6 is 11.8 Å². The number of aliphatic carboxylic acids is 1. The summed E-state index contributed by atoms with van der Waals surface area (Å²) in [6.45, 7) is 0. The molecule has 1 aromatic carbocycles. The lowest BCUT2D eigenvalue weighted by Crippen LogP contribution is -2.55. The summed E-state index contributed by atoms with van der Waals surface area (Å²) < 4.78 is 0. The van der Waals surface area contributed by atoms with Gasteiger partial charge in [0.15, 0.2) is 0 Å². The summed E-state index contributed by atoms with van der Waals surface area (Å²) in [5.74, 6) is -0.317. The summed E-state index contributed by atoms with van der Waals surface area (Å²) in [6.07, 6.45) is 2.13. The van der Waals surface area contributed by atoms with Crippen LogP contribution < -0.4 is 0 Å². The van der Waals surface area contributed by atoms with Gasteiger partial charge in [-0.15, -0.1) is 11.8 Å². The van der Waals surface area contributed by atoms with E-state index >= 15 is 0 Å². The van der Waals surface area contributed by atoms with Crippen LogP contribution in [0.3, 0.4) is 0 Å². The van der Waals surface area contributed by atoms with Gasteiger partial charge in [-0.3, -0.25) is 4.79 Å². The Morgan fingerprint density at radius 1 is 1.35 bits per heavy atom. The fourth-order valence-electron chi connectivity index (χ4n) is 2.68. The van der Waals surface area contributed by atoms with Crippen molar-refractivity contribution >= 4 is 23.6 Å². The predicted octanol–water partition coefficient (Wildman–Crippen LogP) is 2.61. The normalized spacial score (nSPS) is 21.5. The Balaban J connectivity index is 1.80. The Bertz CT molecular complexity index is 582. The van der Waals surface area contributed by atoms with Crippen molar-refractivity contribution in [2.75, 3.05) is 0 Å². The molecule has 1 fully saturated rings. The quantitative estimate of drug-likeness (QED) is 0.866. The van der Waals surface area contributed by atoms with E-state index in [1.807, 2.05) is 30.3 Å². The minimum absolute atomic E-state index is 0.0649. The molecule has 20 heavy (non-hydrogen) atoms. The lowest BCUT2D eigenvalue weighted by molar-refractivity contribution is -0.150. The first-order valence-electron chi connectivity index (χ1n) is 6.62. The second-order valence-electron chi connectivity index (χ2n) is 5.01. The zero-order valence-corrected chi connectivity index (χ0v) is 11.7. The second kappa shape index (κ2) is 5.32. The highest BCUT2D eigenvalue weighted by molar-refractivity contribution is 8.02. The largest absolute Gasteiger partial charge is 0.477 e. The minimum Gasteiger partial charge on any atom is -0.477 e. The average Bonchev–Trinajstić information content (AvgIpc) is 2.45. The molecule has 0 bridgehead atoms. The monoisotopic (exact) mass is 289 g/mol. The van der Waals surface area contributed by atoms with Gasteiger partial charge in [-0.1, -0.05) is 30.3 Å². The van der Waals surface area contributed by atoms with Crippen molar-refractivity contribution in [3.05, 3.63) is 46.5 Å². The van der Waals surface area contributed by atoms with Crippen molar-refractivity contribution in [1.29, 1.82) is 0 Å². The first-order valence-corrected chi connectivity index (χ1v) is 7.60. The van der Waals surface area contributed by atoms with Crippen molar-refractivity contribution in [2.24, 2.45) is 0 Å². The van der Waals surface area contributed by atoms with Crippen LogP contribution in [0.2, 0.25) is 0 Å². The van der Waals surface area contributed by atoms with Crippen LogP contribution in [0.15, 0.2) is 40.9 Å². The zero-order chi connectivity index (χ0) is 14.1. The molecule has 1 aromatic rings. The molecular weight excluding hydrogens is 274 g/mol. The Morgan fingerprint density at radius 2 is 2.10 bits per heavy atom. The number of nitrogens with zero attached hydrogens (tertiary/aromatic N) is 1. The highest BCUT2D eigenvalue weighted by Crippen LogP contribution is 2.41. The van der Waals surface area contributed by atoms with E-state index in [-0.39, 0.29) is 17.6 Å². The number of carbonyl (C=O) groups excluding carboxylic acids is 1. The topological polar surface area (TPSA) is 57.6 Å². The number of carboxylic acid groups (broad SMARTS) is 1. The minimum atomic E-state index is -0.988. The number of benzene rings is 1. The summed E-state index contributed by atoms with van der Waals surface area (Å²) in [7, 11) is 0. The fraction of sp³-hybridized carbons (Fsp3) is 0.333. The second-order valence-corrected chi connectivity index (χ2v) is 6.08. The number of allylic oxidation sites excluding steroid dienone is 1. The molecular formula is C15H15NO3S. The molecule has 1 amide bonds. The molecule has 0 radical (unpaired) electrons. The van der Waals surface area contributed by atoms with Gasteiger partial charge in [-0.25, -0.2) is 4.79 Å². The molecule has 5 heteroatoms. The molecule has 0 spiro atoms. The van der Waals surface area contributed by atoms with Gasteiger partial charge in [0.1, 0.15) is 5.70 Å². The van der Waals surface area contributed by atoms with E-state index in [0.717, 1.165) is 29.1 Å². The number of carboxylic acids is 1. The number of rotatable bonds is 4. The van der Waals surface area contributed by atoms with Crippen LogP contribution in [0.1, 0.15) is 24.8 Å². The number of amides is 1. The number of carbonyl (C=O) groups is 2. The van der Waals surface area contributed by atoms with E-state index in [1.165, 1.54) is 16.7 Å². The summed E-state index contributed by atoms with van der Waals surface area (Å²) >= 11 is 1.53. The van der Waals surface area contributed by atoms with Gasteiger partial charge in [0.25, 0.3) is 0 Å². The third kappa shape index (κ3) is 2.33. The summed E-state index contributed by atoms with van der Waals surface area (Å²) in [6, 6.07) is 10.0. The number of hydrogen-bond donors (Lipinski definition) is 1. The summed E-state index contributed by atoms with van der Waals surface area (Å²) in [5, 5.41) is 9.38. The maximum Gasteiger partial charge on any atom is 0.353 e. The van der Waals surface area contributed by atoms with Gasteiger partial charge in [-0.05, 0) is 18.4 Å². The van der Waals surface area contributed by atoms with Crippen LogP contribution in [0.5, 0.6) is 0 Å². The fourth-order valence-corrected chi connectivity index (χ4v) is 3.80. The highest BCUT2D eigenvalue weighted by atomic mass is 32.2. The van der Waals surface area contributed by atoms with Crippen molar-refractivity contribution in [1.82, 2.24) is 4.90 Å². The number of thioether (sulfide) groups is 1. The molecule has 0 saturated carbocycles. The van der Waals surface area contributed by atoms with Gasteiger partial charge >= 0.3 is 5.97 Å². The van der Waals surface area contributed by atoms with Gasteiger partial charge in [0.05, 0.1) is 0 Å². The van der Waals surface area contributed by atoms with Gasteiger partial charge in [-0.2, -0.15) is 0 Å². The van der Waals surface area contributed by atoms with Crippen molar-refractivity contribution < 1.29 is 14.7 Å². The lowest BCUT2D eigenvalue weighted by Gasteiger charge is -2.44. The van der Waals surface area contributed by atoms with Crippen LogP contribution in [0, 0.1) is 0 Å². The molecule has 1 N–H and O–H groups in total. The maximum atomic E-state index is 11.6. The molecule has 4 nitrogen and oxygen atoms in total. The van der Waals surface area contributed by atoms with E-state index < -0.39 is 5.97 Å². The Kier molecular flexibility index (Phi) is 3.53. The van der Waals surface area contributed by atoms with Crippen molar-refractivity contribution in [2.45, 2.75) is 31.1 Å². The predicted molar refractivity (Wildman–Crippen MR) is 76.9 cm³/mol. The standard InChI is InChI=1S/C15H15NO3S/c17-13-8-11-6-7-12(14(15(18)19)16(11)13)20-9-10-4-2-1-3-5-10/h1-5,11H,6-9H2,(H,18,19). The van der Waals surface area contributed by atoms with Crippen LogP contribution in [-0.4, -0.2) is 27.9 Å². The molecule has 1 saturated heterocycles. The highest BCUT2D eigenvalue weighted by Gasteiger charge is 2.44. The SMILES string of the molecule is O=C(O)C1=C(SCc2ccccc2)CCC2CC(=O)N12. The van der Waals surface area contributed by atoms with E-state index in [9.17, 15) is 14.7 Å². The van der Waals surface area contributed by atoms with E-state index in [0.29, 0.717) is 6.42 Å². The molecule has 104 valence electrons. The van der Waals surface area contributed by atoms with Crippen LogP contribution in [-0.2, 0) is 15.3 Å². The van der Waals surface area contributed by atoms with Gasteiger partial charge < -0.3 is 10.0 Å². The van der Waals surface area contributed by atoms with E-state index in [4.69, 9.17) is 0 Å². The zero-order valence-electron chi connectivity index (χ0n) is 10.9. The molecule has 1 unspecified atom stereocenters. The third-order valence-electron chi connectivity index (χ3n) is 3.71. The Morgan fingerprint density at radius 3 is 2.75 bits per heavy atom. The number of hydrogen-bond acceptors (Lipinski definition) is 3. The van der Waals surface area contributed by atoms with Crippen molar-refractivity contribution in [3.8, 4) is 0 Å². The smallest absolute Gasteiger partial charge is 0.353 e. The number of β-lactam (4-membered cyclic amide) rings is 1. The Labute approximate surface area is 121 Å². The van der Waals surface area contributed by atoms with Crippen LogP contribution in [0.4, 0.5) is 0 Å². The van der Waals surface area contributed by atoms with Crippen molar-refractivity contribution in [3.63, 3.8) is 0 Å². The molecule has 3 rings (SSSR count). The summed E-state index contributed by atoms with van der Waals surface area (Å²) in [5.41, 5.74) is 1.37. The van der Waals surface area contributed by atoms with E-state index in [1.54, 1.807) is 0 Å². The maximum absolute atomic E-state index is 11.6. The molecule has 2 heterocycles. The molecule has 2 aliphatic heterocycles. The Hall–Kier alpha value is -1.75. The van der Waals surface area contributed by atoms with Gasteiger partial charge in [0.2, 0.25) is 5.91 Å². The third-order valence-corrected chi connectivity index (χ3v) is 4.94.